The van der Waals surface area contributed by atoms with Crippen LogP contribution < -0.4 is 0 Å². The first-order chi connectivity index (χ1) is 8.60. The zero-order valence-corrected chi connectivity index (χ0v) is 11.8. The van der Waals surface area contributed by atoms with E-state index in [1.54, 1.807) is 0 Å². The molecule has 0 aromatic carbocycles. The summed E-state index contributed by atoms with van der Waals surface area (Å²) in [5.74, 6) is 0. The van der Waals surface area contributed by atoms with Gasteiger partial charge in [-0.3, -0.25) is 0 Å². The molecule has 0 rings (SSSR count). The van der Waals surface area contributed by atoms with Crippen molar-refractivity contribution in [3.63, 3.8) is 0 Å². The van der Waals surface area contributed by atoms with E-state index < -0.39 is 6.10 Å². The summed E-state index contributed by atoms with van der Waals surface area (Å²) in [6, 6.07) is 0. The van der Waals surface area contributed by atoms with Gasteiger partial charge in [-0.05, 0) is 19.8 Å². The molecule has 0 heterocycles. The Morgan fingerprint density at radius 1 is 0.833 bits per heavy atom. The number of hydrogen-bond donors (Lipinski definition) is 2. The van der Waals surface area contributed by atoms with Crippen molar-refractivity contribution < 1.29 is 24.4 Å². The maximum atomic E-state index is 9.31. The first-order valence-electron chi connectivity index (χ1n) is 6.73. The van der Waals surface area contributed by atoms with E-state index in [0.29, 0.717) is 45.9 Å². The minimum atomic E-state index is -0.397. The highest BCUT2D eigenvalue weighted by atomic mass is 16.6. The van der Waals surface area contributed by atoms with Gasteiger partial charge in [-0.1, -0.05) is 13.8 Å². The molecule has 0 radical (unpaired) electrons. The van der Waals surface area contributed by atoms with Gasteiger partial charge >= 0.3 is 0 Å². The van der Waals surface area contributed by atoms with Crippen molar-refractivity contribution in [3.05, 3.63) is 0 Å². The maximum Gasteiger partial charge on any atom is 0.0781 e. The van der Waals surface area contributed by atoms with Gasteiger partial charge in [-0.15, -0.1) is 0 Å². The summed E-state index contributed by atoms with van der Waals surface area (Å²) < 4.78 is 16.0. The van der Waals surface area contributed by atoms with Gasteiger partial charge in [0.05, 0.1) is 51.3 Å². The zero-order valence-electron chi connectivity index (χ0n) is 11.8. The summed E-state index contributed by atoms with van der Waals surface area (Å²) in [5, 5.41) is 18.6. The van der Waals surface area contributed by atoms with Crippen molar-refractivity contribution in [1.82, 2.24) is 0 Å². The van der Waals surface area contributed by atoms with Gasteiger partial charge in [-0.25, -0.2) is 0 Å². The summed E-state index contributed by atoms with van der Waals surface area (Å²) in [5.41, 5.74) is 0. The first kappa shape index (κ1) is 17.8. The third-order valence-corrected chi connectivity index (χ3v) is 2.55. The Labute approximate surface area is 110 Å². The van der Waals surface area contributed by atoms with E-state index in [4.69, 9.17) is 14.2 Å². The lowest BCUT2D eigenvalue weighted by molar-refractivity contribution is -0.0538. The quantitative estimate of drug-likeness (QED) is 0.514. The highest BCUT2D eigenvalue weighted by Gasteiger charge is 2.06. The molecule has 5 nitrogen and oxygen atoms in total. The van der Waals surface area contributed by atoms with Crippen molar-refractivity contribution in [2.45, 2.75) is 51.9 Å². The van der Waals surface area contributed by atoms with E-state index >= 15 is 0 Å². The topological polar surface area (TPSA) is 68.2 Å². The highest BCUT2D eigenvalue weighted by molar-refractivity contribution is 4.53. The summed E-state index contributed by atoms with van der Waals surface area (Å²) in [6.07, 6.45) is 0.577. The number of hydrogen-bond acceptors (Lipinski definition) is 5. The van der Waals surface area contributed by atoms with E-state index in [1.807, 2.05) is 20.8 Å². The second kappa shape index (κ2) is 11.9. The van der Waals surface area contributed by atoms with Crippen LogP contribution in [0.1, 0.15) is 33.6 Å². The summed E-state index contributed by atoms with van der Waals surface area (Å²) >= 11 is 0. The van der Waals surface area contributed by atoms with Crippen molar-refractivity contribution in [2.24, 2.45) is 0 Å². The molecule has 0 aromatic rings. The molecule has 3 unspecified atom stereocenters. The Bertz CT molecular complexity index is 177. The fourth-order valence-electron chi connectivity index (χ4n) is 1.15. The second-order valence-electron chi connectivity index (χ2n) is 4.42. The van der Waals surface area contributed by atoms with Crippen LogP contribution in [0.15, 0.2) is 0 Å². The van der Waals surface area contributed by atoms with Crippen molar-refractivity contribution >= 4 is 0 Å². The van der Waals surface area contributed by atoms with E-state index in [2.05, 4.69) is 0 Å². The Kier molecular flexibility index (Phi) is 11.7. The summed E-state index contributed by atoms with van der Waals surface area (Å²) in [6.45, 7) is 7.88. The van der Waals surface area contributed by atoms with E-state index in [-0.39, 0.29) is 12.2 Å². The minimum Gasteiger partial charge on any atom is -0.391 e. The maximum absolute atomic E-state index is 9.31. The van der Waals surface area contributed by atoms with E-state index in [1.165, 1.54) is 0 Å². The molecule has 0 aliphatic heterocycles. The van der Waals surface area contributed by atoms with Gasteiger partial charge in [0, 0.05) is 0 Å². The molecule has 5 heteroatoms. The molecule has 18 heavy (non-hydrogen) atoms. The van der Waals surface area contributed by atoms with Gasteiger partial charge < -0.3 is 24.4 Å². The molecule has 0 saturated carbocycles. The predicted molar refractivity (Wildman–Crippen MR) is 69.6 cm³/mol. The van der Waals surface area contributed by atoms with Gasteiger partial charge in [0.25, 0.3) is 0 Å². The Morgan fingerprint density at radius 2 is 1.33 bits per heavy atom. The minimum absolute atomic E-state index is 0.0348. The van der Waals surface area contributed by atoms with Crippen molar-refractivity contribution in [1.29, 1.82) is 0 Å². The SMILES string of the molecule is CCC(O)COCCOCC(C)OCC(O)CC. The second-order valence-corrected chi connectivity index (χ2v) is 4.42. The average molecular weight is 264 g/mol. The summed E-state index contributed by atoms with van der Waals surface area (Å²) in [4.78, 5) is 0. The molecule has 0 saturated heterocycles. The van der Waals surface area contributed by atoms with E-state index in [0.717, 1.165) is 0 Å². The molecule has 0 bridgehead atoms. The van der Waals surface area contributed by atoms with Crippen LogP contribution in [0.3, 0.4) is 0 Å². The van der Waals surface area contributed by atoms with Crippen LogP contribution in [0.2, 0.25) is 0 Å². The monoisotopic (exact) mass is 264 g/mol. The highest BCUT2D eigenvalue weighted by Crippen LogP contribution is 1.97. The summed E-state index contributed by atoms with van der Waals surface area (Å²) in [7, 11) is 0. The molecule has 110 valence electrons. The first-order valence-corrected chi connectivity index (χ1v) is 6.73. The Morgan fingerprint density at radius 3 is 1.89 bits per heavy atom. The standard InChI is InChI=1S/C13H28O5/c1-4-12(14)9-17-7-6-16-8-11(3)18-10-13(15)5-2/h11-15H,4-10H2,1-3H3. The Hall–Kier alpha value is -0.200. The zero-order chi connectivity index (χ0) is 13.8. The number of aliphatic hydroxyl groups is 2. The number of aliphatic hydroxyl groups excluding tert-OH is 2. The smallest absolute Gasteiger partial charge is 0.0781 e. The molecular formula is C13H28O5. The van der Waals surface area contributed by atoms with Crippen LogP contribution in [0.5, 0.6) is 0 Å². The molecule has 3 atom stereocenters. The molecular weight excluding hydrogens is 236 g/mol. The third-order valence-electron chi connectivity index (χ3n) is 2.55. The molecule has 0 spiro atoms. The molecule has 0 aliphatic rings. The molecule has 0 amide bonds. The molecule has 0 fully saturated rings. The largest absolute Gasteiger partial charge is 0.391 e. The van der Waals surface area contributed by atoms with Crippen LogP contribution in [0.25, 0.3) is 0 Å². The molecule has 0 aliphatic carbocycles. The van der Waals surface area contributed by atoms with Gasteiger partial charge in [0.15, 0.2) is 0 Å². The van der Waals surface area contributed by atoms with Crippen LogP contribution in [0.4, 0.5) is 0 Å². The normalized spacial score (nSPS) is 16.5. The van der Waals surface area contributed by atoms with Crippen LogP contribution in [0, 0.1) is 0 Å². The van der Waals surface area contributed by atoms with Gasteiger partial charge in [-0.2, -0.15) is 0 Å². The lowest BCUT2D eigenvalue weighted by atomic mass is 10.3. The Balaban J connectivity index is 3.27. The lowest BCUT2D eigenvalue weighted by Crippen LogP contribution is -2.23. The third kappa shape index (κ3) is 10.9. The van der Waals surface area contributed by atoms with Crippen molar-refractivity contribution in [2.75, 3.05) is 33.0 Å². The molecule has 0 aromatic heterocycles. The number of ether oxygens (including phenoxy) is 3. The molecule has 2 N–H and O–H groups in total. The van der Waals surface area contributed by atoms with Crippen LogP contribution in [-0.4, -0.2) is 61.6 Å². The van der Waals surface area contributed by atoms with Crippen LogP contribution >= 0.6 is 0 Å². The van der Waals surface area contributed by atoms with E-state index in [9.17, 15) is 10.2 Å². The average Bonchev–Trinajstić information content (AvgIpc) is 2.39. The fourth-order valence-corrected chi connectivity index (χ4v) is 1.15. The number of rotatable bonds is 12. The van der Waals surface area contributed by atoms with Gasteiger partial charge in [0.2, 0.25) is 0 Å². The van der Waals surface area contributed by atoms with Gasteiger partial charge in [0.1, 0.15) is 0 Å². The predicted octanol–water partition coefficient (Wildman–Crippen LogP) is 0.966. The fraction of sp³-hybridized carbons (Fsp3) is 1.00. The van der Waals surface area contributed by atoms with Crippen LogP contribution in [-0.2, 0) is 14.2 Å². The lowest BCUT2D eigenvalue weighted by Gasteiger charge is -2.16. The van der Waals surface area contributed by atoms with Crippen molar-refractivity contribution in [3.8, 4) is 0 Å².